The molecule has 0 saturated carbocycles. The second-order valence-corrected chi connectivity index (χ2v) is 10.5. The van der Waals surface area contributed by atoms with Gasteiger partial charge in [-0.1, -0.05) is 0 Å². The molecule has 2 bridgehead atoms. The van der Waals surface area contributed by atoms with Crippen LogP contribution < -0.4 is 21.3 Å². The Morgan fingerprint density at radius 1 is 1.27 bits per heavy atom. The Labute approximate surface area is 195 Å². The number of hydrogen-bond donors (Lipinski definition) is 3. The highest BCUT2D eigenvalue weighted by Crippen LogP contribution is 2.33. The van der Waals surface area contributed by atoms with Crippen molar-refractivity contribution in [1.29, 1.82) is 0 Å². The molecule has 3 aliphatic rings. The Kier molecular flexibility index (Phi) is 4.99. The fourth-order valence-corrected chi connectivity index (χ4v) is 6.51. The molecule has 4 heterocycles. The number of thiophene rings is 1. The Balaban J connectivity index is 1.19. The van der Waals surface area contributed by atoms with E-state index in [1.807, 2.05) is 6.92 Å². The molecular formula is C24H27FN6OS. The summed E-state index contributed by atoms with van der Waals surface area (Å²) in [6, 6.07) is 4.73. The number of piperazine rings is 1. The predicted octanol–water partition coefficient (Wildman–Crippen LogP) is 2.95. The molecule has 9 heteroatoms. The van der Waals surface area contributed by atoms with Crippen LogP contribution in [0.15, 0.2) is 18.3 Å². The number of aryl methyl sites for hydroxylation is 2. The Morgan fingerprint density at radius 2 is 2.06 bits per heavy atom. The molecule has 33 heavy (non-hydrogen) atoms. The molecule has 2 unspecified atom stereocenters. The highest BCUT2D eigenvalue weighted by atomic mass is 32.1. The monoisotopic (exact) mass is 466 g/mol. The molecule has 1 aromatic carbocycles. The molecule has 2 fully saturated rings. The van der Waals surface area contributed by atoms with Crippen LogP contribution in [0, 0.1) is 12.7 Å². The van der Waals surface area contributed by atoms with Crippen LogP contribution in [-0.2, 0) is 12.8 Å². The van der Waals surface area contributed by atoms with Gasteiger partial charge in [-0.2, -0.15) is 0 Å². The summed E-state index contributed by atoms with van der Waals surface area (Å²) >= 11 is 1.25. The average Bonchev–Trinajstić information content (AvgIpc) is 3.31. The van der Waals surface area contributed by atoms with Gasteiger partial charge in [-0.15, -0.1) is 11.3 Å². The van der Waals surface area contributed by atoms with Crippen molar-refractivity contribution in [3.8, 4) is 0 Å². The number of fused-ring (bicyclic) bond motifs is 4. The van der Waals surface area contributed by atoms with E-state index in [4.69, 9.17) is 5.73 Å². The highest BCUT2D eigenvalue weighted by molar-refractivity contribution is 7.21. The lowest BCUT2D eigenvalue weighted by Crippen LogP contribution is -2.51. The summed E-state index contributed by atoms with van der Waals surface area (Å²) in [7, 11) is 0. The Morgan fingerprint density at radius 3 is 2.85 bits per heavy atom. The maximum Gasteiger partial charge on any atom is 0.263 e. The molecule has 172 valence electrons. The summed E-state index contributed by atoms with van der Waals surface area (Å²) in [4.78, 5) is 25.1. The molecule has 1 aliphatic carbocycles. The summed E-state index contributed by atoms with van der Waals surface area (Å²) in [5, 5.41) is 6.70. The molecule has 3 aromatic rings. The van der Waals surface area contributed by atoms with Crippen molar-refractivity contribution in [2.75, 3.05) is 23.7 Å². The molecule has 2 saturated heterocycles. The number of nitrogens with one attached hydrogen (secondary N) is 2. The minimum absolute atomic E-state index is 0.132. The fraction of sp³-hybridized carbons (Fsp3) is 0.458. The van der Waals surface area contributed by atoms with E-state index in [-0.39, 0.29) is 17.8 Å². The molecule has 0 spiro atoms. The van der Waals surface area contributed by atoms with E-state index in [9.17, 15) is 4.79 Å². The number of nitrogens with two attached hydrogens (primary N) is 1. The van der Waals surface area contributed by atoms with Gasteiger partial charge in [0.1, 0.15) is 21.0 Å². The number of anilines is 2. The number of carbonyl (C=O) groups excluding carboxylic acids is 1. The highest BCUT2D eigenvalue weighted by Gasteiger charge is 2.33. The first-order chi connectivity index (χ1) is 15.9. The van der Waals surface area contributed by atoms with Gasteiger partial charge in [-0.05, 0) is 62.3 Å². The summed E-state index contributed by atoms with van der Waals surface area (Å²) in [6.45, 7) is 3.73. The van der Waals surface area contributed by atoms with Crippen LogP contribution >= 0.6 is 11.3 Å². The zero-order valence-corrected chi connectivity index (χ0v) is 19.3. The number of hydrogen-bond acceptors (Lipinski definition) is 7. The fourth-order valence-electron chi connectivity index (χ4n) is 5.51. The van der Waals surface area contributed by atoms with Gasteiger partial charge in [-0.3, -0.25) is 4.79 Å². The van der Waals surface area contributed by atoms with E-state index in [0.29, 0.717) is 39.4 Å². The van der Waals surface area contributed by atoms with Crippen LogP contribution in [0.25, 0.3) is 10.3 Å². The zero-order chi connectivity index (χ0) is 22.7. The van der Waals surface area contributed by atoms with Crippen molar-refractivity contribution in [1.82, 2.24) is 20.6 Å². The van der Waals surface area contributed by atoms with Gasteiger partial charge in [0, 0.05) is 43.1 Å². The molecule has 1 amide bonds. The van der Waals surface area contributed by atoms with Crippen molar-refractivity contribution in [2.45, 2.75) is 57.2 Å². The molecule has 4 N–H and O–H groups in total. The third kappa shape index (κ3) is 3.73. The third-order valence-corrected chi connectivity index (χ3v) is 8.26. The van der Waals surface area contributed by atoms with E-state index in [1.54, 1.807) is 12.3 Å². The van der Waals surface area contributed by atoms with Crippen LogP contribution in [0.5, 0.6) is 0 Å². The van der Waals surface area contributed by atoms with E-state index >= 15 is 4.39 Å². The number of nitrogens with zero attached hydrogens (tertiary/aromatic N) is 3. The molecule has 0 radical (unpaired) electrons. The third-order valence-electron chi connectivity index (χ3n) is 7.17. The average molecular weight is 467 g/mol. The zero-order valence-electron chi connectivity index (χ0n) is 18.5. The van der Waals surface area contributed by atoms with Crippen molar-refractivity contribution in [3.05, 3.63) is 45.8 Å². The van der Waals surface area contributed by atoms with E-state index in [1.165, 1.54) is 24.2 Å². The quantitative estimate of drug-likeness (QED) is 0.549. The van der Waals surface area contributed by atoms with Gasteiger partial charge in [0.2, 0.25) is 0 Å². The number of amides is 1. The number of nitrogen functional groups attached to an aromatic ring is 1. The molecule has 2 aliphatic heterocycles. The number of aromatic nitrogens is 2. The summed E-state index contributed by atoms with van der Waals surface area (Å²) in [5.74, 6) is -0.408. The summed E-state index contributed by atoms with van der Waals surface area (Å²) in [5.41, 5.74) is 10.7. The smallest absolute Gasteiger partial charge is 0.263 e. The van der Waals surface area contributed by atoms with Crippen LogP contribution in [0.3, 0.4) is 0 Å². The molecular weight excluding hydrogens is 439 g/mol. The standard InChI is InChI=1S/C24H27FN6OS/c1-12-9-27-21-20(26)22(33-24(21)28-12)23(32)30-14-3-2-13-6-17(8-19(25)18(13)7-14)31-10-15-4-5-16(11-31)29-15/h6,8-9,14-16,29H,2-5,7,10-11,26H2,1H3,(H,30,32)/t14-,15?,16?/m1/s1. The first kappa shape index (κ1) is 20.8. The normalized spacial score (nSPS) is 24.2. The number of carbonyl (C=O) groups is 1. The number of halogens is 1. The minimum Gasteiger partial charge on any atom is -0.396 e. The van der Waals surface area contributed by atoms with Gasteiger partial charge in [0.25, 0.3) is 5.91 Å². The maximum absolute atomic E-state index is 15.2. The van der Waals surface area contributed by atoms with Gasteiger partial charge in [0.05, 0.1) is 11.4 Å². The van der Waals surface area contributed by atoms with Crippen molar-refractivity contribution < 1.29 is 9.18 Å². The SMILES string of the molecule is Cc1cnc2c(N)c(C(=O)N[C@@H]3CCc4cc(N5CC6CCC(C5)N6)cc(F)c4C3)sc2n1. The second-order valence-electron chi connectivity index (χ2n) is 9.53. The first-order valence-corrected chi connectivity index (χ1v) is 12.4. The maximum atomic E-state index is 15.2. The van der Waals surface area contributed by atoms with Crippen LogP contribution in [0.4, 0.5) is 15.8 Å². The van der Waals surface area contributed by atoms with E-state index < -0.39 is 0 Å². The van der Waals surface area contributed by atoms with Crippen LogP contribution in [0.1, 0.15) is 45.8 Å². The van der Waals surface area contributed by atoms with Crippen molar-refractivity contribution in [2.24, 2.45) is 0 Å². The predicted molar refractivity (Wildman–Crippen MR) is 128 cm³/mol. The number of benzene rings is 1. The second kappa shape index (κ2) is 7.92. The Bertz CT molecular complexity index is 1250. The van der Waals surface area contributed by atoms with Crippen molar-refractivity contribution in [3.63, 3.8) is 0 Å². The first-order valence-electron chi connectivity index (χ1n) is 11.6. The molecule has 3 atom stereocenters. The lowest BCUT2D eigenvalue weighted by molar-refractivity contribution is 0.0938. The lowest BCUT2D eigenvalue weighted by atomic mass is 9.87. The molecule has 2 aromatic heterocycles. The van der Waals surface area contributed by atoms with E-state index in [2.05, 4.69) is 31.6 Å². The van der Waals surface area contributed by atoms with Crippen LogP contribution in [-0.4, -0.2) is 47.1 Å². The largest absolute Gasteiger partial charge is 0.396 e. The molecule has 6 rings (SSSR count). The molecule has 7 nitrogen and oxygen atoms in total. The lowest BCUT2D eigenvalue weighted by Gasteiger charge is -2.35. The van der Waals surface area contributed by atoms with Gasteiger partial charge in [0.15, 0.2) is 0 Å². The van der Waals surface area contributed by atoms with Gasteiger partial charge < -0.3 is 21.3 Å². The van der Waals surface area contributed by atoms with Gasteiger partial charge >= 0.3 is 0 Å². The summed E-state index contributed by atoms with van der Waals surface area (Å²) < 4.78 is 15.2. The summed E-state index contributed by atoms with van der Waals surface area (Å²) in [6.07, 6.45) is 6.05. The minimum atomic E-state index is -0.239. The van der Waals surface area contributed by atoms with Crippen molar-refractivity contribution >= 4 is 39.0 Å². The van der Waals surface area contributed by atoms with Gasteiger partial charge in [-0.25, -0.2) is 14.4 Å². The Hall–Kier alpha value is -2.78. The number of rotatable bonds is 3. The van der Waals surface area contributed by atoms with E-state index in [0.717, 1.165) is 48.4 Å². The van der Waals surface area contributed by atoms with Crippen LogP contribution in [0.2, 0.25) is 0 Å². The topological polar surface area (TPSA) is 96.2 Å².